The minimum atomic E-state index is -0.489. The molecule has 1 saturated carbocycles. The Morgan fingerprint density at radius 3 is 2.63 bits per heavy atom. The molecule has 2 rings (SSSR count). The van der Waals surface area contributed by atoms with Gasteiger partial charge in [0.2, 0.25) is 5.75 Å². The van der Waals surface area contributed by atoms with E-state index in [0.29, 0.717) is 12.2 Å². The highest BCUT2D eigenvalue weighted by molar-refractivity contribution is 5.50. The van der Waals surface area contributed by atoms with Crippen LogP contribution in [0, 0.1) is 15.5 Å². The molecule has 1 aliphatic rings. The van der Waals surface area contributed by atoms with Crippen molar-refractivity contribution in [1.29, 1.82) is 0 Å². The molecule has 0 spiro atoms. The lowest BCUT2D eigenvalue weighted by Gasteiger charge is -2.48. The van der Waals surface area contributed by atoms with Gasteiger partial charge in [-0.1, -0.05) is 13.8 Å². The number of rotatable bonds is 4. The molecule has 104 valence electrons. The number of ether oxygens (including phenoxy) is 2. The van der Waals surface area contributed by atoms with Gasteiger partial charge in [0, 0.05) is 24.0 Å². The predicted molar refractivity (Wildman–Crippen MR) is 68.5 cm³/mol. The van der Waals surface area contributed by atoms with Gasteiger partial charge in [-0.15, -0.1) is 0 Å². The zero-order valence-corrected chi connectivity index (χ0v) is 11.1. The SMILES string of the molecule is COc1ccc([N+](=O)[O-])c(OC2CC(O)C2(C)C)c1. The molecule has 1 aromatic rings. The van der Waals surface area contributed by atoms with Crippen LogP contribution >= 0.6 is 0 Å². The lowest BCUT2D eigenvalue weighted by Crippen LogP contribution is -2.56. The Hall–Kier alpha value is -1.82. The first-order chi connectivity index (χ1) is 8.86. The Morgan fingerprint density at radius 1 is 1.47 bits per heavy atom. The standard InChI is InChI=1S/C13H17NO5/c1-13(2)11(15)7-12(13)19-10-6-8(18-3)4-5-9(10)14(16)17/h4-6,11-12,15H,7H2,1-3H3. The van der Waals surface area contributed by atoms with Gasteiger partial charge in [-0.25, -0.2) is 0 Å². The third kappa shape index (κ3) is 2.35. The molecule has 6 heteroatoms. The summed E-state index contributed by atoms with van der Waals surface area (Å²) in [5.74, 6) is 0.674. The van der Waals surface area contributed by atoms with Crippen LogP contribution in [0.15, 0.2) is 18.2 Å². The van der Waals surface area contributed by atoms with E-state index < -0.39 is 16.4 Å². The van der Waals surface area contributed by atoms with Crippen LogP contribution in [0.25, 0.3) is 0 Å². The molecular weight excluding hydrogens is 250 g/mol. The highest BCUT2D eigenvalue weighted by atomic mass is 16.6. The summed E-state index contributed by atoms with van der Waals surface area (Å²) in [6.07, 6.45) is -0.211. The van der Waals surface area contributed by atoms with Crippen molar-refractivity contribution in [2.75, 3.05) is 7.11 Å². The van der Waals surface area contributed by atoms with Gasteiger partial charge in [0.25, 0.3) is 0 Å². The summed E-state index contributed by atoms with van der Waals surface area (Å²) in [6.45, 7) is 3.75. The van der Waals surface area contributed by atoms with Gasteiger partial charge < -0.3 is 14.6 Å². The molecule has 1 fully saturated rings. The number of nitrogens with zero attached hydrogens (tertiary/aromatic N) is 1. The van der Waals surface area contributed by atoms with Crippen LogP contribution in [0.4, 0.5) is 5.69 Å². The Bertz CT molecular complexity index is 500. The minimum Gasteiger partial charge on any atom is -0.497 e. The van der Waals surface area contributed by atoms with Gasteiger partial charge in [0.1, 0.15) is 11.9 Å². The second-order valence-electron chi connectivity index (χ2n) is 5.27. The van der Waals surface area contributed by atoms with Gasteiger partial charge in [-0.05, 0) is 6.07 Å². The van der Waals surface area contributed by atoms with Crippen molar-refractivity contribution in [2.45, 2.75) is 32.5 Å². The molecule has 1 aromatic carbocycles. The van der Waals surface area contributed by atoms with E-state index in [1.807, 2.05) is 13.8 Å². The molecule has 6 nitrogen and oxygen atoms in total. The fourth-order valence-corrected chi connectivity index (χ4v) is 2.08. The largest absolute Gasteiger partial charge is 0.497 e. The Labute approximate surface area is 111 Å². The maximum absolute atomic E-state index is 11.0. The molecule has 0 amide bonds. The minimum absolute atomic E-state index is 0.0991. The average Bonchev–Trinajstić information content (AvgIpc) is 2.38. The average molecular weight is 267 g/mol. The van der Waals surface area contributed by atoms with Gasteiger partial charge in [0.15, 0.2) is 0 Å². The smallest absolute Gasteiger partial charge is 0.311 e. The number of nitro groups is 1. The molecule has 0 heterocycles. The van der Waals surface area contributed by atoms with Crippen molar-refractivity contribution in [1.82, 2.24) is 0 Å². The maximum Gasteiger partial charge on any atom is 0.311 e. The van der Waals surface area contributed by atoms with Crippen LogP contribution in [0.2, 0.25) is 0 Å². The quantitative estimate of drug-likeness (QED) is 0.667. The number of benzene rings is 1. The molecule has 1 N–H and O–H groups in total. The van der Waals surface area contributed by atoms with Crippen molar-refractivity contribution >= 4 is 5.69 Å². The molecule has 19 heavy (non-hydrogen) atoms. The van der Waals surface area contributed by atoms with Gasteiger partial charge >= 0.3 is 5.69 Å². The number of aliphatic hydroxyl groups excluding tert-OH is 1. The molecule has 0 aromatic heterocycles. The number of nitro benzene ring substituents is 1. The van der Waals surface area contributed by atoms with Crippen molar-refractivity contribution in [2.24, 2.45) is 5.41 Å². The molecule has 0 radical (unpaired) electrons. The van der Waals surface area contributed by atoms with E-state index in [4.69, 9.17) is 9.47 Å². The van der Waals surface area contributed by atoms with Crippen LogP contribution in [-0.2, 0) is 0 Å². The lowest BCUT2D eigenvalue weighted by molar-refractivity contribution is -0.386. The third-order valence-corrected chi connectivity index (χ3v) is 3.76. The summed E-state index contributed by atoms with van der Waals surface area (Å²) in [6, 6.07) is 4.38. The second kappa shape index (κ2) is 4.70. The first kappa shape index (κ1) is 13.6. The fraction of sp³-hybridized carbons (Fsp3) is 0.538. The van der Waals surface area contributed by atoms with Crippen LogP contribution in [0.1, 0.15) is 20.3 Å². The highest BCUT2D eigenvalue weighted by Crippen LogP contribution is 2.44. The summed E-state index contributed by atoms with van der Waals surface area (Å²) in [5.41, 5.74) is -0.505. The first-order valence-corrected chi connectivity index (χ1v) is 6.03. The van der Waals surface area contributed by atoms with Crippen molar-refractivity contribution in [3.63, 3.8) is 0 Å². The van der Waals surface area contributed by atoms with Crippen LogP contribution in [0.3, 0.4) is 0 Å². The molecular formula is C13H17NO5. The summed E-state index contributed by atoms with van der Waals surface area (Å²) < 4.78 is 10.7. The number of aliphatic hydroxyl groups is 1. The van der Waals surface area contributed by atoms with Crippen LogP contribution in [0.5, 0.6) is 11.5 Å². The Balaban J connectivity index is 2.26. The van der Waals surface area contributed by atoms with Crippen LogP contribution in [-0.4, -0.2) is 29.3 Å². The van der Waals surface area contributed by atoms with E-state index in [-0.39, 0.29) is 17.5 Å². The van der Waals surface area contributed by atoms with Gasteiger partial charge in [-0.3, -0.25) is 10.1 Å². The molecule has 1 aliphatic carbocycles. The number of hydrogen-bond acceptors (Lipinski definition) is 5. The predicted octanol–water partition coefficient (Wildman–Crippen LogP) is 2.14. The van der Waals surface area contributed by atoms with Crippen molar-refractivity contribution in [3.05, 3.63) is 28.3 Å². The molecule has 0 bridgehead atoms. The zero-order chi connectivity index (χ0) is 14.2. The topological polar surface area (TPSA) is 81.8 Å². The number of methoxy groups -OCH3 is 1. The normalized spacial score (nSPS) is 24.4. The molecule has 2 unspecified atom stereocenters. The van der Waals surface area contributed by atoms with Crippen molar-refractivity contribution < 1.29 is 19.5 Å². The van der Waals surface area contributed by atoms with Gasteiger partial charge in [-0.2, -0.15) is 0 Å². The monoisotopic (exact) mass is 267 g/mol. The van der Waals surface area contributed by atoms with Gasteiger partial charge in [0.05, 0.1) is 18.1 Å². The Morgan fingerprint density at radius 2 is 2.16 bits per heavy atom. The summed E-state index contributed by atoms with van der Waals surface area (Å²) >= 11 is 0. The summed E-state index contributed by atoms with van der Waals surface area (Å²) in [4.78, 5) is 10.5. The zero-order valence-electron chi connectivity index (χ0n) is 11.1. The number of hydrogen-bond donors (Lipinski definition) is 1. The van der Waals surface area contributed by atoms with Crippen molar-refractivity contribution in [3.8, 4) is 11.5 Å². The van der Waals surface area contributed by atoms with E-state index in [2.05, 4.69) is 0 Å². The van der Waals surface area contributed by atoms with E-state index in [1.165, 1.54) is 25.3 Å². The van der Waals surface area contributed by atoms with E-state index in [1.54, 1.807) is 0 Å². The summed E-state index contributed by atoms with van der Waals surface area (Å²) in [7, 11) is 1.49. The van der Waals surface area contributed by atoms with E-state index >= 15 is 0 Å². The second-order valence-corrected chi connectivity index (χ2v) is 5.27. The fourth-order valence-electron chi connectivity index (χ4n) is 2.08. The molecule has 2 atom stereocenters. The molecule has 0 saturated heterocycles. The van der Waals surface area contributed by atoms with E-state index in [9.17, 15) is 15.2 Å². The molecule has 0 aliphatic heterocycles. The lowest BCUT2D eigenvalue weighted by atomic mass is 9.66. The Kier molecular flexibility index (Phi) is 3.36. The first-order valence-electron chi connectivity index (χ1n) is 6.03. The van der Waals surface area contributed by atoms with Crippen LogP contribution < -0.4 is 9.47 Å². The van der Waals surface area contributed by atoms with E-state index in [0.717, 1.165) is 0 Å². The third-order valence-electron chi connectivity index (χ3n) is 3.76. The maximum atomic E-state index is 11.0. The highest BCUT2D eigenvalue weighted by Gasteiger charge is 2.49. The summed E-state index contributed by atoms with van der Waals surface area (Å²) in [5, 5.41) is 20.6.